The van der Waals surface area contributed by atoms with E-state index in [-0.39, 0.29) is 10.8 Å². The second-order valence-corrected chi connectivity index (χ2v) is 14.2. The van der Waals surface area contributed by atoms with E-state index in [9.17, 15) is 0 Å². The summed E-state index contributed by atoms with van der Waals surface area (Å²) in [5.74, 6) is 0. The Morgan fingerprint density at radius 2 is 1.14 bits per heavy atom. The Morgan fingerprint density at radius 3 is 2.00 bits per heavy atom. The normalized spacial score (nSPS) is 14.3. The number of fused-ring (bicyclic) bond motifs is 9. The molecule has 0 unspecified atom stereocenters. The zero-order chi connectivity index (χ0) is 29.2. The summed E-state index contributed by atoms with van der Waals surface area (Å²) in [6, 6.07) is 44.1. The second kappa shape index (κ2) is 8.23. The Balaban J connectivity index is 1.25. The molecule has 206 valence electrons. The standard InChI is InChI=1S/C43H34/c1-42(2,3)28-17-18-30-34-20-19-29(32-10-8-11-33(41(32)34)37(30)23-28)26-15-13-25-14-16-27-22-38-31-9-6-7-12-39(31)43(4,5)40(38)24-36(27)35(25)21-26/h6-24H,1-5H3. The van der Waals surface area contributed by atoms with Crippen molar-refractivity contribution in [1.82, 2.24) is 0 Å². The summed E-state index contributed by atoms with van der Waals surface area (Å²) in [6.45, 7) is 11.6. The molecule has 0 saturated heterocycles. The maximum Gasteiger partial charge on any atom is 0.0159 e. The predicted octanol–water partition coefficient (Wildman–Crippen LogP) is 12.1. The summed E-state index contributed by atoms with van der Waals surface area (Å²) in [6.07, 6.45) is 0. The lowest BCUT2D eigenvalue weighted by Crippen LogP contribution is -2.14. The van der Waals surface area contributed by atoms with Crippen LogP contribution in [-0.4, -0.2) is 0 Å². The highest BCUT2D eigenvalue weighted by Gasteiger charge is 2.35. The zero-order valence-corrected chi connectivity index (χ0v) is 25.5. The van der Waals surface area contributed by atoms with Crippen LogP contribution in [0.5, 0.6) is 0 Å². The Kier molecular flexibility index (Phi) is 4.76. The minimum absolute atomic E-state index is 0.0144. The fourth-order valence-corrected chi connectivity index (χ4v) is 7.99. The highest BCUT2D eigenvalue weighted by atomic mass is 14.4. The molecule has 0 bridgehead atoms. The van der Waals surface area contributed by atoms with Crippen molar-refractivity contribution in [3.05, 3.63) is 132 Å². The summed E-state index contributed by atoms with van der Waals surface area (Å²) in [5.41, 5.74) is 15.1. The van der Waals surface area contributed by atoms with Crippen LogP contribution in [0.3, 0.4) is 0 Å². The van der Waals surface area contributed by atoms with E-state index < -0.39 is 0 Å². The van der Waals surface area contributed by atoms with Gasteiger partial charge >= 0.3 is 0 Å². The molecule has 2 aliphatic carbocycles. The lowest BCUT2D eigenvalue weighted by Gasteiger charge is -2.22. The van der Waals surface area contributed by atoms with Crippen molar-refractivity contribution in [2.24, 2.45) is 0 Å². The van der Waals surface area contributed by atoms with Crippen LogP contribution in [0.15, 0.2) is 115 Å². The Bertz CT molecular complexity index is 2340. The molecule has 0 atom stereocenters. The summed E-state index contributed by atoms with van der Waals surface area (Å²) < 4.78 is 0. The van der Waals surface area contributed by atoms with Crippen LogP contribution in [0.4, 0.5) is 0 Å². The van der Waals surface area contributed by atoms with E-state index in [1.165, 1.54) is 93.5 Å². The van der Waals surface area contributed by atoms with Crippen molar-refractivity contribution in [2.75, 3.05) is 0 Å². The van der Waals surface area contributed by atoms with Crippen LogP contribution in [0.1, 0.15) is 51.3 Å². The van der Waals surface area contributed by atoms with Gasteiger partial charge in [-0.1, -0.05) is 126 Å². The van der Waals surface area contributed by atoms with Crippen molar-refractivity contribution in [2.45, 2.75) is 45.4 Å². The van der Waals surface area contributed by atoms with Gasteiger partial charge in [-0.25, -0.2) is 0 Å². The van der Waals surface area contributed by atoms with E-state index >= 15 is 0 Å². The highest BCUT2D eigenvalue weighted by Crippen LogP contribution is 2.52. The molecule has 0 fully saturated rings. The molecule has 43 heavy (non-hydrogen) atoms. The van der Waals surface area contributed by atoms with Crippen LogP contribution in [0.2, 0.25) is 0 Å². The van der Waals surface area contributed by atoms with Gasteiger partial charge in [0, 0.05) is 5.41 Å². The monoisotopic (exact) mass is 550 g/mol. The van der Waals surface area contributed by atoms with E-state index in [0.29, 0.717) is 0 Å². The lowest BCUT2D eigenvalue weighted by molar-refractivity contribution is 0.590. The molecule has 7 aromatic rings. The third kappa shape index (κ3) is 3.33. The first-order valence-electron chi connectivity index (χ1n) is 15.5. The predicted molar refractivity (Wildman–Crippen MR) is 185 cm³/mol. The van der Waals surface area contributed by atoms with Gasteiger partial charge < -0.3 is 0 Å². The van der Waals surface area contributed by atoms with Gasteiger partial charge in [0.15, 0.2) is 0 Å². The van der Waals surface area contributed by atoms with E-state index in [1.54, 1.807) is 0 Å². The van der Waals surface area contributed by atoms with Crippen LogP contribution in [0, 0.1) is 0 Å². The number of hydrogen-bond acceptors (Lipinski definition) is 0. The Morgan fingerprint density at radius 1 is 0.442 bits per heavy atom. The molecule has 0 nitrogen and oxygen atoms in total. The smallest absolute Gasteiger partial charge is 0.0159 e. The molecular formula is C43H34. The fraction of sp³-hybridized carbons (Fsp3) is 0.163. The molecule has 7 aromatic carbocycles. The van der Waals surface area contributed by atoms with Gasteiger partial charge in [0.2, 0.25) is 0 Å². The zero-order valence-electron chi connectivity index (χ0n) is 25.5. The Labute approximate surface area is 253 Å². The molecule has 0 spiro atoms. The van der Waals surface area contributed by atoms with Gasteiger partial charge in [-0.15, -0.1) is 0 Å². The van der Waals surface area contributed by atoms with E-state index in [4.69, 9.17) is 0 Å². The fourth-order valence-electron chi connectivity index (χ4n) is 7.99. The first-order valence-corrected chi connectivity index (χ1v) is 15.5. The van der Waals surface area contributed by atoms with Crippen LogP contribution >= 0.6 is 0 Å². The lowest BCUT2D eigenvalue weighted by atomic mass is 9.81. The molecule has 0 amide bonds. The average molecular weight is 551 g/mol. The summed E-state index contributed by atoms with van der Waals surface area (Å²) in [7, 11) is 0. The van der Waals surface area contributed by atoms with E-state index in [2.05, 4.69) is 150 Å². The molecule has 9 rings (SSSR count). The van der Waals surface area contributed by atoms with Crippen molar-refractivity contribution < 1.29 is 0 Å². The molecule has 0 aromatic heterocycles. The topological polar surface area (TPSA) is 0 Å². The minimum atomic E-state index is -0.0144. The second-order valence-electron chi connectivity index (χ2n) is 14.2. The van der Waals surface area contributed by atoms with Gasteiger partial charge in [0.1, 0.15) is 0 Å². The van der Waals surface area contributed by atoms with Crippen LogP contribution in [0.25, 0.3) is 76.8 Å². The van der Waals surface area contributed by atoms with E-state index in [0.717, 1.165) is 0 Å². The summed E-state index contributed by atoms with van der Waals surface area (Å²) in [4.78, 5) is 0. The number of rotatable bonds is 1. The van der Waals surface area contributed by atoms with Gasteiger partial charge in [-0.2, -0.15) is 0 Å². The van der Waals surface area contributed by atoms with Crippen LogP contribution < -0.4 is 0 Å². The molecule has 0 radical (unpaired) electrons. The van der Waals surface area contributed by atoms with Crippen molar-refractivity contribution in [3.63, 3.8) is 0 Å². The van der Waals surface area contributed by atoms with Gasteiger partial charge in [0.25, 0.3) is 0 Å². The maximum absolute atomic E-state index is 2.48. The van der Waals surface area contributed by atoms with Gasteiger partial charge in [-0.3, -0.25) is 0 Å². The molecule has 0 heteroatoms. The van der Waals surface area contributed by atoms with Crippen LogP contribution in [-0.2, 0) is 10.8 Å². The molecule has 0 heterocycles. The quantitative estimate of drug-likeness (QED) is 0.178. The number of hydrogen-bond donors (Lipinski definition) is 0. The van der Waals surface area contributed by atoms with E-state index in [1.807, 2.05) is 0 Å². The molecule has 0 N–H and O–H groups in total. The number of benzene rings is 7. The molecule has 0 saturated carbocycles. The van der Waals surface area contributed by atoms with Gasteiger partial charge in [0.05, 0.1) is 0 Å². The van der Waals surface area contributed by atoms with Crippen molar-refractivity contribution >= 4 is 32.3 Å². The third-order valence-electron chi connectivity index (χ3n) is 10.4. The molecule has 2 aliphatic rings. The average Bonchev–Trinajstić information content (AvgIpc) is 3.45. The maximum atomic E-state index is 2.48. The SMILES string of the molecule is CC(C)(C)c1ccc2c(c1)-c1cccc3c(-c4ccc5ccc6cc7c(cc6c5c4)C(C)(C)c4ccccc4-7)ccc-2c13. The Hall–Kier alpha value is -4.68. The van der Waals surface area contributed by atoms with Crippen molar-refractivity contribution in [3.8, 4) is 44.5 Å². The summed E-state index contributed by atoms with van der Waals surface area (Å²) in [5, 5.41) is 7.98. The highest BCUT2D eigenvalue weighted by molar-refractivity contribution is 6.19. The first kappa shape index (κ1) is 24.9. The van der Waals surface area contributed by atoms with Gasteiger partial charge in [-0.05, 0) is 123 Å². The first-order chi connectivity index (χ1) is 20.7. The molecule has 0 aliphatic heterocycles. The largest absolute Gasteiger partial charge is 0.0619 e. The van der Waals surface area contributed by atoms with Crippen molar-refractivity contribution in [1.29, 1.82) is 0 Å². The molecular weight excluding hydrogens is 516 g/mol. The summed E-state index contributed by atoms with van der Waals surface area (Å²) >= 11 is 0. The third-order valence-corrected chi connectivity index (χ3v) is 10.4. The minimum Gasteiger partial charge on any atom is -0.0619 e.